The second kappa shape index (κ2) is 7.03. The van der Waals surface area contributed by atoms with Gasteiger partial charge in [0, 0.05) is 22.8 Å². The summed E-state index contributed by atoms with van der Waals surface area (Å²) in [5.74, 6) is 2.91. The van der Waals surface area contributed by atoms with E-state index < -0.39 is 0 Å². The smallest absolute Gasteiger partial charge is 0.153 e. The van der Waals surface area contributed by atoms with Crippen LogP contribution in [-0.4, -0.2) is 30.1 Å². The van der Waals surface area contributed by atoms with E-state index in [1.54, 1.807) is 7.11 Å². The first-order chi connectivity index (χ1) is 13.1. The standard InChI is InChI=1S/C20H18BN5O/c1-12-9-19(26-25-12)23-18-11-13-10-16(27-2)7-8-17(13)20(24-18)22-15-5-3-14(21)4-6-15/h3-11H,1-2H3,(H3,22,23,24,25,26). The molecule has 2 radical (unpaired) electrons. The van der Waals surface area contributed by atoms with Crippen molar-refractivity contribution < 1.29 is 4.74 Å². The van der Waals surface area contributed by atoms with Crippen LogP contribution in [0.2, 0.25) is 0 Å². The molecule has 132 valence electrons. The van der Waals surface area contributed by atoms with E-state index in [1.807, 2.05) is 61.5 Å². The molecule has 3 N–H and O–H groups in total. The molecule has 0 bridgehead atoms. The van der Waals surface area contributed by atoms with Crippen molar-refractivity contribution in [1.82, 2.24) is 15.2 Å². The fourth-order valence-corrected chi connectivity index (χ4v) is 2.84. The molecule has 0 saturated carbocycles. The molecule has 0 spiro atoms. The number of fused-ring (bicyclic) bond motifs is 1. The summed E-state index contributed by atoms with van der Waals surface area (Å²) in [7, 11) is 7.43. The Morgan fingerprint density at radius 3 is 2.48 bits per heavy atom. The summed E-state index contributed by atoms with van der Waals surface area (Å²) in [6.45, 7) is 1.95. The van der Waals surface area contributed by atoms with Crippen LogP contribution < -0.4 is 20.8 Å². The highest BCUT2D eigenvalue weighted by atomic mass is 16.5. The van der Waals surface area contributed by atoms with Crippen LogP contribution in [0.4, 0.5) is 23.1 Å². The number of pyridine rings is 1. The largest absolute Gasteiger partial charge is 0.497 e. The number of benzene rings is 2. The minimum atomic E-state index is 0.681. The number of ether oxygens (including phenoxy) is 1. The van der Waals surface area contributed by atoms with Gasteiger partial charge in [-0.2, -0.15) is 5.10 Å². The number of anilines is 4. The average Bonchev–Trinajstić information content (AvgIpc) is 3.07. The van der Waals surface area contributed by atoms with Crippen LogP contribution in [0, 0.1) is 6.92 Å². The molecule has 4 rings (SSSR count). The van der Waals surface area contributed by atoms with Gasteiger partial charge in [0.2, 0.25) is 0 Å². The lowest BCUT2D eigenvalue weighted by molar-refractivity contribution is 0.415. The molecule has 4 aromatic rings. The van der Waals surface area contributed by atoms with Crippen molar-refractivity contribution in [3.63, 3.8) is 0 Å². The van der Waals surface area contributed by atoms with E-state index in [1.165, 1.54) is 0 Å². The quantitative estimate of drug-likeness (QED) is 0.478. The number of aryl methyl sites for hydroxylation is 1. The number of hydrogen-bond donors (Lipinski definition) is 3. The van der Waals surface area contributed by atoms with Gasteiger partial charge < -0.3 is 15.4 Å². The molecule has 0 aliphatic heterocycles. The van der Waals surface area contributed by atoms with Gasteiger partial charge >= 0.3 is 0 Å². The summed E-state index contributed by atoms with van der Waals surface area (Å²) in [5.41, 5.74) is 2.59. The van der Waals surface area contributed by atoms with Gasteiger partial charge in [-0.15, -0.1) is 0 Å². The molecule has 6 nitrogen and oxygen atoms in total. The molecule has 7 heteroatoms. The van der Waals surface area contributed by atoms with Crippen LogP contribution in [0.15, 0.2) is 54.6 Å². The fraction of sp³-hybridized carbons (Fsp3) is 0.100. The summed E-state index contributed by atoms with van der Waals surface area (Å²) in [5, 5.41) is 15.7. The molecule has 0 aliphatic carbocycles. The van der Waals surface area contributed by atoms with Crippen molar-refractivity contribution in [2.24, 2.45) is 0 Å². The van der Waals surface area contributed by atoms with Gasteiger partial charge in [-0.3, -0.25) is 5.10 Å². The number of nitrogens with one attached hydrogen (secondary N) is 3. The van der Waals surface area contributed by atoms with Gasteiger partial charge in [-0.25, -0.2) is 4.98 Å². The Hall–Kier alpha value is -3.48. The van der Waals surface area contributed by atoms with Crippen LogP contribution >= 0.6 is 0 Å². The monoisotopic (exact) mass is 355 g/mol. The second-order valence-electron chi connectivity index (χ2n) is 6.25. The highest BCUT2D eigenvalue weighted by Crippen LogP contribution is 2.31. The van der Waals surface area contributed by atoms with Gasteiger partial charge in [0.15, 0.2) is 5.82 Å². The normalized spacial score (nSPS) is 10.7. The Morgan fingerprint density at radius 2 is 1.78 bits per heavy atom. The minimum absolute atomic E-state index is 0.681. The van der Waals surface area contributed by atoms with Gasteiger partial charge in [0.1, 0.15) is 25.2 Å². The van der Waals surface area contributed by atoms with E-state index in [2.05, 4.69) is 20.8 Å². The SMILES string of the molecule is [B]c1ccc(Nc2nc(Nc3cc(C)[nH]n3)cc3cc(OC)ccc23)cc1. The van der Waals surface area contributed by atoms with Crippen LogP contribution in [0.5, 0.6) is 5.75 Å². The van der Waals surface area contributed by atoms with Crippen molar-refractivity contribution >= 4 is 47.2 Å². The molecule has 2 aromatic heterocycles. The third-order valence-electron chi connectivity index (χ3n) is 4.17. The predicted octanol–water partition coefficient (Wildman–Crippen LogP) is 3.56. The number of hydrogen-bond acceptors (Lipinski definition) is 5. The van der Waals surface area contributed by atoms with Gasteiger partial charge in [0.25, 0.3) is 0 Å². The van der Waals surface area contributed by atoms with Crippen molar-refractivity contribution in [2.75, 3.05) is 17.7 Å². The maximum Gasteiger partial charge on any atom is 0.153 e. The maximum atomic E-state index is 5.78. The third-order valence-corrected chi connectivity index (χ3v) is 4.17. The van der Waals surface area contributed by atoms with Crippen LogP contribution in [0.25, 0.3) is 10.8 Å². The molecule has 2 heterocycles. The van der Waals surface area contributed by atoms with Crippen molar-refractivity contribution in [2.45, 2.75) is 6.92 Å². The topological polar surface area (TPSA) is 74.9 Å². The number of aromatic nitrogens is 3. The number of nitrogens with zero attached hydrogens (tertiary/aromatic N) is 2. The molecular formula is C20H18BN5O. The molecule has 0 aliphatic rings. The summed E-state index contributed by atoms with van der Waals surface area (Å²) in [6, 6.07) is 17.3. The van der Waals surface area contributed by atoms with Gasteiger partial charge in [-0.1, -0.05) is 17.6 Å². The third kappa shape index (κ3) is 3.72. The van der Waals surface area contributed by atoms with Crippen LogP contribution in [-0.2, 0) is 0 Å². The zero-order chi connectivity index (χ0) is 18.8. The Kier molecular flexibility index (Phi) is 4.42. The highest BCUT2D eigenvalue weighted by Gasteiger charge is 2.09. The lowest BCUT2D eigenvalue weighted by Crippen LogP contribution is -2.03. The average molecular weight is 355 g/mol. The molecule has 0 amide bonds. The number of H-pyrrole nitrogens is 1. The maximum absolute atomic E-state index is 5.78. The van der Waals surface area contributed by atoms with Crippen molar-refractivity contribution in [3.05, 3.63) is 60.3 Å². The summed E-state index contributed by atoms with van der Waals surface area (Å²) >= 11 is 0. The number of aromatic amines is 1. The zero-order valence-corrected chi connectivity index (χ0v) is 15.1. The van der Waals surface area contributed by atoms with E-state index in [4.69, 9.17) is 17.6 Å². The van der Waals surface area contributed by atoms with Crippen LogP contribution in [0.3, 0.4) is 0 Å². The molecule has 0 fully saturated rings. The lowest BCUT2D eigenvalue weighted by Gasteiger charge is -2.13. The summed E-state index contributed by atoms with van der Waals surface area (Å²) < 4.78 is 5.36. The molecule has 0 saturated heterocycles. The Bertz CT molecular complexity index is 1090. The predicted molar refractivity (Wildman–Crippen MR) is 110 cm³/mol. The first-order valence-corrected chi connectivity index (χ1v) is 8.51. The molecule has 2 aromatic carbocycles. The summed E-state index contributed by atoms with van der Waals surface area (Å²) in [4.78, 5) is 4.73. The zero-order valence-electron chi connectivity index (χ0n) is 15.1. The Morgan fingerprint density at radius 1 is 0.963 bits per heavy atom. The van der Waals surface area contributed by atoms with Crippen LogP contribution in [0.1, 0.15) is 5.69 Å². The van der Waals surface area contributed by atoms with E-state index in [9.17, 15) is 0 Å². The highest BCUT2D eigenvalue weighted by molar-refractivity contribution is 6.32. The van der Waals surface area contributed by atoms with E-state index in [0.717, 1.165) is 33.7 Å². The Labute approximate surface area is 158 Å². The lowest BCUT2D eigenvalue weighted by atomic mass is 9.96. The van der Waals surface area contributed by atoms with Crippen molar-refractivity contribution in [3.8, 4) is 5.75 Å². The Balaban J connectivity index is 1.77. The molecule has 27 heavy (non-hydrogen) atoms. The molecule has 0 unspecified atom stereocenters. The first-order valence-electron chi connectivity index (χ1n) is 8.51. The van der Waals surface area contributed by atoms with E-state index in [0.29, 0.717) is 17.1 Å². The first kappa shape index (κ1) is 17.0. The van der Waals surface area contributed by atoms with E-state index >= 15 is 0 Å². The van der Waals surface area contributed by atoms with Gasteiger partial charge in [0.05, 0.1) is 7.11 Å². The second-order valence-corrected chi connectivity index (χ2v) is 6.25. The van der Waals surface area contributed by atoms with Crippen molar-refractivity contribution in [1.29, 1.82) is 0 Å². The number of rotatable bonds is 5. The van der Waals surface area contributed by atoms with Gasteiger partial charge in [-0.05, 0) is 48.7 Å². The molecular weight excluding hydrogens is 337 g/mol. The summed E-state index contributed by atoms with van der Waals surface area (Å²) in [6.07, 6.45) is 0. The minimum Gasteiger partial charge on any atom is -0.497 e. The van der Waals surface area contributed by atoms with E-state index in [-0.39, 0.29) is 0 Å². The fourth-order valence-electron chi connectivity index (χ4n) is 2.84. The molecule has 0 atom stereocenters. The number of methoxy groups -OCH3 is 1.